The molecule has 136 valence electrons. The third-order valence-electron chi connectivity index (χ3n) is 4.38. The Balaban J connectivity index is 1.75. The SMILES string of the molecule is CN(C(=O)Cc1cccc(-c2ccc(C(=O)NO)cc2)c1)c1ccccc1. The minimum Gasteiger partial charge on any atom is -0.315 e. The van der Waals surface area contributed by atoms with Gasteiger partial charge in [-0.25, -0.2) is 5.48 Å². The lowest BCUT2D eigenvalue weighted by atomic mass is 10.0. The second-order valence-corrected chi connectivity index (χ2v) is 6.18. The number of nitrogens with one attached hydrogen (secondary N) is 1. The summed E-state index contributed by atoms with van der Waals surface area (Å²) < 4.78 is 0. The molecule has 5 heteroatoms. The summed E-state index contributed by atoms with van der Waals surface area (Å²) in [5, 5.41) is 8.69. The topological polar surface area (TPSA) is 69.6 Å². The summed E-state index contributed by atoms with van der Waals surface area (Å²) >= 11 is 0. The highest BCUT2D eigenvalue weighted by atomic mass is 16.5. The molecule has 0 heterocycles. The monoisotopic (exact) mass is 360 g/mol. The van der Waals surface area contributed by atoms with Crippen molar-refractivity contribution in [3.63, 3.8) is 0 Å². The molecule has 2 N–H and O–H groups in total. The van der Waals surface area contributed by atoms with Crippen molar-refractivity contribution in [2.45, 2.75) is 6.42 Å². The summed E-state index contributed by atoms with van der Waals surface area (Å²) in [5.74, 6) is -0.543. The Morgan fingerprint density at radius 3 is 2.26 bits per heavy atom. The smallest absolute Gasteiger partial charge is 0.274 e. The zero-order valence-electron chi connectivity index (χ0n) is 14.9. The molecule has 0 fully saturated rings. The average molecular weight is 360 g/mol. The number of rotatable bonds is 5. The predicted molar refractivity (Wildman–Crippen MR) is 105 cm³/mol. The predicted octanol–water partition coefficient (Wildman–Crippen LogP) is 3.68. The van der Waals surface area contributed by atoms with Crippen LogP contribution in [0.5, 0.6) is 0 Å². The molecule has 3 aromatic carbocycles. The fraction of sp³-hybridized carbons (Fsp3) is 0.0909. The van der Waals surface area contributed by atoms with E-state index in [0.717, 1.165) is 22.4 Å². The zero-order valence-corrected chi connectivity index (χ0v) is 14.9. The van der Waals surface area contributed by atoms with E-state index >= 15 is 0 Å². The number of hydrogen-bond acceptors (Lipinski definition) is 3. The number of carbonyl (C=O) groups excluding carboxylic acids is 2. The highest BCUT2D eigenvalue weighted by molar-refractivity contribution is 5.95. The van der Waals surface area contributed by atoms with Crippen LogP contribution in [0.3, 0.4) is 0 Å². The molecule has 0 aliphatic heterocycles. The molecule has 0 spiro atoms. The van der Waals surface area contributed by atoms with E-state index in [1.54, 1.807) is 29.6 Å². The van der Waals surface area contributed by atoms with Gasteiger partial charge in [0, 0.05) is 18.3 Å². The second-order valence-electron chi connectivity index (χ2n) is 6.18. The standard InChI is InChI=1S/C22H20N2O3/c1-24(20-8-3-2-4-9-20)21(25)15-16-6-5-7-19(14-16)17-10-12-18(13-11-17)22(26)23-27/h2-14,27H,15H2,1H3,(H,23,26). The number of amides is 2. The van der Waals surface area contributed by atoms with E-state index in [4.69, 9.17) is 5.21 Å². The van der Waals surface area contributed by atoms with E-state index in [1.165, 1.54) is 0 Å². The molecule has 3 aromatic rings. The first kappa shape index (κ1) is 18.4. The maximum absolute atomic E-state index is 12.6. The van der Waals surface area contributed by atoms with E-state index in [0.29, 0.717) is 12.0 Å². The molecule has 27 heavy (non-hydrogen) atoms. The number of hydroxylamine groups is 1. The van der Waals surface area contributed by atoms with Crippen LogP contribution in [0.1, 0.15) is 15.9 Å². The van der Waals surface area contributed by atoms with Crippen LogP contribution in [-0.2, 0) is 11.2 Å². The zero-order chi connectivity index (χ0) is 19.2. The maximum Gasteiger partial charge on any atom is 0.274 e. The van der Waals surface area contributed by atoms with Crippen molar-refractivity contribution >= 4 is 17.5 Å². The van der Waals surface area contributed by atoms with Crippen LogP contribution in [-0.4, -0.2) is 24.1 Å². The number of anilines is 1. The molecule has 5 nitrogen and oxygen atoms in total. The molecular weight excluding hydrogens is 340 g/mol. The van der Waals surface area contributed by atoms with Gasteiger partial charge >= 0.3 is 0 Å². The number of hydrogen-bond donors (Lipinski definition) is 2. The van der Waals surface area contributed by atoms with Gasteiger partial charge in [0.2, 0.25) is 5.91 Å². The molecule has 3 rings (SSSR count). The van der Waals surface area contributed by atoms with Gasteiger partial charge in [0.15, 0.2) is 0 Å². The third kappa shape index (κ3) is 4.40. The number of nitrogens with zero attached hydrogens (tertiary/aromatic N) is 1. The number of likely N-dealkylation sites (N-methyl/N-ethyl adjacent to an activating group) is 1. The van der Waals surface area contributed by atoms with Gasteiger partial charge < -0.3 is 4.90 Å². The number of carbonyl (C=O) groups is 2. The fourth-order valence-corrected chi connectivity index (χ4v) is 2.83. The second kappa shape index (κ2) is 8.29. The number of benzene rings is 3. The first-order valence-electron chi connectivity index (χ1n) is 8.54. The van der Waals surface area contributed by atoms with E-state index in [2.05, 4.69) is 0 Å². The van der Waals surface area contributed by atoms with Gasteiger partial charge in [-0.05, 0) is 41.0 Å². The van der Waals surface area contributed by atoms with Gasteiger partial charge in [-0.3, -0.25) is 14.8 Å². The third-order valence-corrected chi connectivity index (χ3v) is 4.38. The van der Waals surface area contributed by atoms with Gasteiger partial charge in [-0.15, -0.1) is 0 Å². The molecule has 0 atom stereocenters. The van der Waals surface area contributed by atoms with Crippen LogP contribution in [0.2, 0.25) is 0 Å². The van der Waals surface area contributed by atoms with Crippen LogP contribution in [0.15, 0.2) is 78.9 Å². The Morgan fingerprint density at radius 1 is 0.889 bits per heavy atom. The summed E-state index contributed by atoms with van der Waals surface area (Å²) in [6, 6.07) is 24.2. The summed E-state index contributed by atoms with van der Waals surface area (Å²) in [6.07, 6.45) is 0.296. The van der Waals surface area contributed by atoms with Gasteiger partial charge in [0.05, 0.1) is 6.42 Å². The molecule has 0 aliphatic rings. The van der Waals surface area contributed by atoms with Crippen LogP contribution >= 0.6 is 0 Å². The largest absolute Gasteiger partial charge is 0.315 e. The first-order valence-corrected chi connectivity index (χ1v) is 8.54. The van der Waals surface area contributed by atoms with Crippen molar-refractivity contribution in [2.75, 3.05) is 11.9 Å². The van der Waals surface area contributed by atoms with E-state index < -0.39 is 5.91 Å². The summed E-state index contributed by atoms with van der Waals surface area (Å²) in [6.45, 7) is 0. The maximum atomic E-state index is 12.6. The molecule has 0 bridgehead atoms. The van der Waals surface area contributed by atoms with Crippen molar-refractivity contribution < 1.29 is 14.8 Å². The van der Waals surface area contributed by atoms with Crippen molar-refractivity contribution in [3.8, 4) is 11.1 Å². The molecule has 0 saturated carbocycles. The van der Waals surface area contributed by atoms with E-state index in [-0.39, 0.29) is 5.91 Å². The van der Waals surface area contributed by atoms with Gasteiger partial charge in [-0.2, -0.15) is 0 Å². The van der Waals surface area contributed by atoms with Crippen molar-refractivity contribution in [2.24, 2.45) is 0 Å². The Bertz CT molecular complexity index is 937. The Labute approximate surface area is 157 Å². The average Bonchev–Trinajstić information content (AvgIpc) is 2.73. The van der Waals surface area contributed by atoms with Gasteiger partial charge in [-0.1, -0.05) is 54.6 Å². The Hall–Kier alpha value is -3.44. The van der Waals surface area contributed by atoms with Crippen molar-refractivity contribution in [3.05, 3.63) is 90.0 Å². The molecule has 0 aliphatic carbocycles. The normalized spacial score (nSPS) is 10.3. The fourth-order valence-electron chi connectivity index (χ4n) is 2.83. The van der Waals surface area contributed by atoms with Crippen LogP contribution in [0.25, 0.3) is 11.1 Å². The minimum atomic E-state index is -0.551. The van der Waals surface area contributed by atoms with Crippen LogP contribution in [0, 0.1) is 0 Å². The Morgan fingerprint density at radius 2 is 1.59 bits per heavy atom. The summed E-state index contributed by atoms with van der Waals surface area (Å²) in [4.78, 5) is 25.6. The van der Waals surface area contributed by atoms with Gasteiger partial charge in [0.25, 0.3) is 5.91 Å². The molecular formula is C22H20N2O3. The van der Waals surface area contributed by atoms with Gasteiger partial charge in [0.1, 0.15) is 0 Å². The highest BCUT2D eigenvalue weighted by Crippen LogP contribution is 2.22. The Kier molecular flexibility index (Phi) is 5.64. The minimum absolute atomic E-state index is 0.00770. The first-order chi connectivity index (χ1) is 13.1. The molecule has 0 aromatic heterocycles. The van der Waals surface area contributed by atoms with Crippen molar-refractivity contribution in [1.29, 1.82) is 0 Å². The van der Waals surface area contributed by atoms with E-state index in [9.17, 15) is 9.59 Å². The van der Waals surface area contributed by atoms with Crippen LogP contribution < -0.4 is 10.4 Å². The van der Waals surface area contributed by atoms with E-state index in [1.807, 2.05) is 66.7 Å². The molecule has 0 radical (unpaired) electrons. The molecule has 0 saturated heterocycles. The molecule has 2 amide bonds. The lowest BCUT2D eigenvalue weighted by Gasteiger charge is -2.17. The molecule has 0 unspecified atom stereocenters. The summed E-state index contributed by atoms with van der Waals surface area (Å²) in [7, 11) is 1.77. The van der Waals surface area contributed by atoms with Crippen molar-refractivity contribution in [1.82, 2.24) is 5.48 Å². The van der Waals surface area contributed by atoms with Crippen LogP contribution in [0.4, 0.5) is 5.69 Å². The quantitative estimate of drug-likeness (QED) is 0.539. The summed E-state index contributed by atoms with van der Waals surface area (Å²) in [5.41, 5.74) is 5.64. The highest BCUT2D eigenvalue weighted by Gasteiger charge is 2.12. The lowest BCUT2D eigenvalue weighted by molar-refractivity contribution is -0.117. The number of para-hydroxylation sites is 1. The lowest BCUT2D eigenvalue weighted by Crippen LogP contribution is -2.27.